The summed E-state index contributed by atoms with van der Waals surface area (Å²) in [5, 5.41) is 10.2. The molecule has 0 saturated heterocycles. The van der Waals surface area contributed by atoms with E-state index < -0.39 is 0 Å². The number of nitrogens with one attached hydrogen (secondary N) is 1. The van der Waals surface area contributed by atoms with Gasteiger partial charge in [0.1, 0.15) is 11.6 Å². The van der Waals surface area contributed by atoms with E-state index in [9.17, 15) is 4.79 Å². The number of rotatable bonds is 4. The highest BCUT2D eigenvalue weighted by atomic mass is 35.5. The summed E-state index contributed by atoms with van der Waals surface area (Å²) >= 11 is 7.38. The molecule has 9 heteroatoms. The summed E-state index contributed by atoms with van der Waals surface area (Å²) in [7, 11) is 1.89. The Morgan fingerprint density at radius 1 is 1.31 bits per heavy atom. The van der Waals surface area contributed by atoms with Crippen molar-refractivity contribution in [1.29, 1.82) is 0 Å². The normalized spacial score (nSPS) is 11.3. The third-order valence-electron chi connectivity index (χ3n) is 3.99. The molecule has 3 aromatic heterocycles. The van der Waals surface area contributed by atoms with E-state index in [-0.39, 0.29) is 5.56 Å². The third kappa shape index (κ3) is 3.02. The van der Waals surface area contributed by atoms with Crippen molar-refractivity contribution in [3.63, 3.8) is 0 Å². The molecule has 4 rings (SSSR count). The molecule has 0 unspecified atom stereocenters. The second kappa shape index (κ2) is 6.62. The average molecular weight is 388 g/mol. The zero-order chi connectivity index (χ0) is 18.3. The molecule has 0 spiro atoms. The molecule has 0 aliphatic carbocycles. The zero-order valence-electron chi connectivity index (χ0n) is 14.0. The molecule has 7 nitrogen and oxygen atoms in total. The number of aromatic amines is 1. The topological polar surface area (TPSA) is 89.6 Å². The van der Waals surface area contributed by atoms with Crippen LogP contribution in [0.3, 0.4) is 0 Å². The van der Waals surface area contributed by atoms with E-state index >= 15 is 0 Å². The number of hydrogen-bond donors (Lipinski definition) is 1. The maximum atomic E-state index is 12.2. The van der Waals surface area contributed by atoms with E-state index in [2.05, 4.69) is 20.2 Å². The van der Waals surface area contributed by atoms with Crippen LogP contribution in [0, 0.1) is 6.92 Å². The van der Waals surface area contributed by atoms with Crippen LogP contribution in [-0.4, -0.2) is 24.7 Å². The second-order valence-electron chi connectivity index (χ2n) is 5.72. The first-order valence-corrected chi connectivity index (χ1v) is 9.14. The summed E-state index contributed by atoms with van der Waals surface area (Å²) in [4.78, 5) is 19.5. The van der Waals surface area contributed by atoms with Crippen molar-refractivity contribution in [2.45, 2.75) is 17.8 Å². The monoisotopic (exact) mass is 387 g/mol. The second-order valence-corrected chi connectivity index (χ2v) is 7.10. The van der Waals surface area contributed by atoms with Crippen LogP contribution in [0.15, 0.2) is 44.9 Å². The fraction of sp³-hybridized carbons (Fsp3) is 0.176. The molecular formula is C17H14ClN5O2S. The van der Waals surface area contributed by atoms with Gasteiger partial charge in [-0.25, -0.2) is 4.98 Å². The number of nitrogens with zero attached hydrogens (tertiary/aromatic N) is 4. The molecule has 0 aliphatic heterocycles. The number of aromatic nitrogens is 5. The quantitative estimate of drug-likeness (QED) is 0.538. The molecule has 4 aromatic rings. The van der Waals surface area contributed by atoms with Gasteiger partial charge in [0.2, 0.25) is 0 Å². The van der Waals surface area contributed by atoms with Gasteiger partial charge in [0, 0.05) is 12.1 Å². The van der Waals surface area contributed by atoms with Crippen molar-refractivity contribution < 1.29 is 4.42 Å². The fourth-order valence-corrected chi connectivity index (χ4v) is 3.61. The van der Waals surface area contributed by atoms with Crippen LogP contribution in [0.25, 0.3) is 22.3 Å². The number of furan rings is 1. The summed E-state index contributed by atoms with van der Waals surface area (Å²) in [6, 6.07) is 6.93. The van der Waals surface area contributed by atoms with Crippen LogP contribution in [0.1, 0.15) is 11.6 Å². The van der Waals surface area contributed by atoms with Crippen LogP contribution >= 0.6 is 23.4 Å². The highest BCUT2D eigenvalue weighted by Gasteiger charge is 2.15. The number of thioether (sulfide) groups is 1. The summed E-state index contributed by atoms with van der Waals surface area (Å²) in [5.41, 5.74) is 1.31. The van der Waals surface area contributed by atoms with Gasteiger partial charge >= 0.3 is 0 Å². The van der Waals surface area contributed by atoms with Gasteiger partial charge in [-0.2, -0.15) is 0 Å². The summed E-state index contributed by atoms with van der Waals surface area (Å²) in [6.07, 6.45) is 1.63. The lowest BCUT2D eigenvalue weighted by Crippen LogP contribution is -2.11. The van der Waals surface area contributed by atoms with E-state index in [4.69, 9.17) is 16.0 Å². The predicted molar refractivity (Wildman–Crippen MR) is 100 cm³/mol. The van der Waals surface area contributed by atoms with E-state index in [0.717, 1.165) is 22.3 Å². The van der Waals surface area contributed by atoms with Gasteiger partial charge in [-0.1, -0.05) is 23.4 Å². The SMILES string of the molecule is Cc1occc1-c1nnc(SCc2nc3ccc(Cl)cc3c(=O)[nH]2)n1C. The molecule has 0 fully saturated rings. The number of hydrogen-bond acceptors (Lipinski definition) is 6. The Hall–Kier alpha value is -2.58. The Bertz CT molecular complexity index is 1160. The average Bonchev–Trinajstić information content (AvgIpc) is 3.19. The van der Waals surface area contributed by atoms with Gasteiger partial charge in [0.15, 0.2) is 11.0 Å². The number of halogens is 1. The lowest BCUT2D eigenvalue weighted by atomic mass is 10.2. The number of benzene rings is 1. The molecule has 0 amide bonds. The minimum atomic E-state index is -0.208. The van der Waals surface area contributed by atoms with Gasteiger partial charge in [-0.15, -0.1) is 10.2 Å². The highest BCUT2D eigenvalue weighted by Crippen LogP contribution is 2.27. The van der Waals surface area contributed by atoms with Gasteiger partial charge in [-0.3, -0.25) is 4.79 Å². The largest absolute Gasteiger partial charge is 0.469 e. The predicted octanol–water partition coefficient (Wildman–Crippen LogP) is 3.57. The van der Waals surface area contributed by atoms with Crippen molar-refractivity contribution in [3.05, 3.63) is 57.5 Å². The molecule has 0 bridgehead atoms. The van der Waals surface area contributed by atoms with Crippen molar-refractivity contribution in [1.82, 2.24) is 24.7 Å². The maximum Gasteiger partial charge on any atom is 0.258 e. The Morgan fingerprint density at radius 2 is 2.15 bits per heavy atom. The minimum Gasteiger partial charge on any atom is -0.469 e. The van der Waals surface area contributed by atoms with Gasteiger partial charge in [0.25, 0.3) is 5.56 Å². The number of H-pyrrole nitrogens is 1. The Balaban J connectivity index is 1.59. The van der Waals surface area contributed by atoms with Gasteiger partial charge < -0.3 is 14.0 Å². The van der Waals surface area contributed by atoms with Crippen molar-refractivity contribution in [3.8, 4) is 11.4 Å². The molecule has 1 aromatic carbocycles. The van der Waals surface area contributed by atoms with Crippen LogP contribution < -0.4 is 5.56 Å². The standard InChI is InChI=1S/C17H14ClN5O2S/c1-9-11(5-6-25-9)15-21-22-17(23(15)2)26-8-14-19-13-4-3-10(18)7-12(13)16(24)20-14/h3-7H,8H2,1-2H3,(H,19,20,24). The minimum absolute atomic E-state index is 0.208. The zero-order valence-corrected chi connectivity index (χ0v) is 15.6. The Morgan fingerprint density at radius 3 is 2.92 bits per heavy atom. The smallest absolute Gasteiger partial charge is 0.258 e. The van der Waals surface area contributed by atoms with Crippen LogP contribution in [0.2, 0.25) is 5.02 Å². The number of fused-ring (bicyclic) bond motifs is 1. The lowest BCUT2D eigenvalue weighted by molar-refractivity contribution is 0.534. The summed E-state index contributed by atoms with van der Waals surface area (Å²) < 4.78 is 7.22. The Kier molecular flexibility index (Phi) is 4.29. The first-order valence-electron chi connectivity index (χ1n) is 7.78. The van der Waals surface area contributed by atoms with E-state index in [1.54, 1.807) is 24.5 Å². The fourth-order valence-electron chi connectivity index (χ4n) is 2.65. The molecule has 3 heterocycles. The van der Waals surface area contributed by atoms with Gasteiger partial charge in [-0.05, 0) is 31.2 Å². The number of aryl methyl sites for hydroxylation is 1. The first kappa shape index (κ1) is 16.9. The Labute approximate surface area is 157 Å². The summed E-state index contributed by atoms with van der Waals surface area (Å²) in [5.74, 6) is 2.55. The molecule has 0 radical (unpaired) electrons. The maximum absolute atomic E-state index is 12.2. The third-order valence-corrected chi connectivity index (χ3v) is 5.26. The highest BCUT2D eigenvalue weighted by molar-refractivity contribution is 7.98. The molecule has 132 valence electrons. The molecule has 0 aliphatic rings. The van der Waals surface area contributed by atoms with E-state index in [0.29, 0.717) is 27.5 Å². The molecule has 0 atom stereocenters. The first-order chi connectivity index (χ1) is 12.5. The van der Waals surface area contributed by atoms with E-state index in [1.165, 1.54) is 11.8 Å². The molecule has 0 saturated carbocycles. The van der Waals surface area contributed by atoms with Crippen molar-refractivity contribution in [2.24, 2.45) is 7.05 Å². The lowest BCUT2D eigenvalue weighted by Gasteiger charge is -2.04. The van der Waals surface area contributed by atoms with Crippen LogP contribution in [0.4, 0.5) is 0 Å². The molecule has 1 N–H and O–H groups in total. The van der Waals surface area contributed by atoms with Crippen LogP contribution in [0.5, 0.6) is 0 Å². The van der Waals surface area contributed by atoms with Crippen LogP contribution in [-0.2, 0) is 12.8 Å². The molecule has 26 heavy (non-hydrogen) atoms. The van der Waals surface area contributed by atoms with E-state index in [1.807, 2.05) is 24.6 Å². The van der Waals surface area contributed by atoms with Gasteiger partial charge in [0.05, 0.1) is 28.5 Å². The summed E-state index contributed by atoms with van der Waals surface area (Å²) in [6.45, 7) is 1.88. The van der Waals surface area contributed by atoms with Crippen molar-refractivity contribution >= 4 is 34.3 Å². The van der Waals surface area contributed by atoms with Crippen molar-refractivity contribution in [2.75, 3.05) is 0 Å². The molecular weight excluding hydrogens is 374 g/mol.